The molecule has 1 aromatic rings. The quantitative estimate of drug-likeness (QED) is 0.927. The van der Waals surface area contributed by atoms with Gasteiger partial charge in [-0.15, -0.1) is 0 Å². The lowest BCUT2D eigenvalue weighted by Gasteiger charge is -2.33. The smallest absolute Gasteiger partial charge is 0.304 e. The van der Waals surface area contributed by atoms with Crippen LogP contribution in [0.1, 0.15) is 31.7 Å². The van der Waals surface area contributed by atoms with Gasteiger partial charge in [-0.1, -0.05) is 12.5 Å². The SMILES string of the molecule is CCN(c1cc(O)ccc1C)S(=O)(=O)N1CCCCC1. The summed E-state index contributed by atoms with van der Waals surface area (Å²) in [5, 5.41) is 9.62. The molecule has 1 heterocycles. The van der Waals surface area contributed by atoms with Crippen molar-refractivity contribution in [2.75, 3.05) is 23.9 Å². The highest BCUT2D eigenvalue weighted by atomic mass is 32.2. The lowest BCUT2D eigenvalue weighted by atomic mass is 10.2. The summed E-state index contributed by atoms with van der Waals surface area (Å²) in [6, 6.07) is 4.82. The molecule has 6 heteroatoms. The minimum Gasteiger partial charge on any atom is -0.508 e. The molecule has 0 spiro atoms. The molecule has 0 amide bonds. The zero-order valence-corrected chi connectivity index (χ0v) is 12.9. The number of aryl methyl sites for hydroxylation is 1. The van der Waals surface area contributed by atoms with E-state index in [1.54, 1.807) is 16.4 Å². The van der Waals surface area contributed by atoms with E-state index in [0.717, 1.165) is 24.8 Å². The van der Waals surface area contributed by atoms with E-state index in [1.807, 2.05) is 13.8 Å². The van der Waals surface area contributed by atoms with E-state index in [0.29, 0.717) is 25.3 Å². The number of aromatic hydroxyl groups is 1. The second-order valence-electron chi connectivity index (χ2n) is 5.10. The molecule has 0 atom stereocenters. The predicted octanol–water partition coefficient (Wildman–Crippen LogP) is 2.26. The molecular weight excluding hydrogens is 276 g/mol. The predicted molar refractivity (Wildman–Crippen MR) is 80.2 cm³/mol. The van der Waals surface area contributed by atoms with Crippen molar-refractivity contribution in [1.82, 2.24) is 4.31 Å². The largest absolute Gasteiger partial charge is 0.508 e. The van der Waals surface area contributed by atoms with Crippen molar-refractivity contribution in [3.8, 4) is 5.75 Å². The third-order valence-electron chi connectivity index (χ3n) is 3.67. The van der Waals surface area contributed by atoms with Crippen molar-refractivity contribution < 1.29 is 13.5 Å². The first kappa shape index (κ1) is 15.1. The molecule has 1 saturated heterocycles. The maximum absolute atomic E-state index is 12.8. The number of piperidine rings is 1. The summed E-state index contributed by atoms with van der Waals surface area (Å²) in [5.74, 6) is 0.0814. The fourth-order valence-electron chi connectivity index (χ4n) is 2.56. The third-order valence-corrected chi connectivity index (χ3v) is 5.70. The molecule has 2 rings (SSSR count). The number of anilines is 1. The molecule has 0 aliphatic carbocycles. The van der Waals surface area contributed by atoms with Crippen LogP contribution in [0.4, 0.5) is 5.69 Å². The van der Waals surface area contributed by atoms with Crippen LogP contribution in [0.15, 0.2) is 18.2 Å². The number of benzene rings is 1. The zero-order valence-electron chi connectivity index (χ0n) is 12.0. The van der Waals surface area contributed by atoms with Crippen LogP contribution in [0, 0.1) is 6.92 Å². The molecule has 1 N–H and O–H groups in total. The Bertz CT molecular complexity index is 566. The Morgan fingerprint density at radius 1 is 1.25 bits per heavy atom. The summed E-state index contributed by atoms with van der Waals surface area (Å²) in [6.07, 6.45) is 2.91. The molecule has 1 aromatic carbocycles. The molecule has 1 aliphatic heterocycles. The van der Waals surface area contributed by atoms with E-state index in [-0.39, 0.29) is 5.75 Å². The van der Waals surface area contributed by atoms with Crippen LogP contribution in [0.2, 0.25) is 0 Å². The minimum absolute atomic E-state index is 0.0814. The molecule has 0 bridgehead atoms. The van der Waals surface area contributed by atoms with Crippen LogP contribution in [-0.4, -0.2) is 37.5 Å². The number of rotatable bonds is 4. The van der Waals surface area contributed by atoms with Crippen LogP contribution >= 0.6 is 0 Å². The van der Waals surface area contributed by atoms with E-state index < -0.39 is 10.2 Å². The first-order valence-corrected chi connectivity index (χ1v) is 8.44. The van der Waals surface area contributed by atoms with Crippen LogP contribution in [0.25, 0.3) is 0 Å². The monoisotopic (exact) mass is 298 g/mol. The zero-order chi connectivity index (χ0) is 14.8. The lowest BCUT2D eigenvalue weighted by Crippen LogP contribution is -2.46. The molecule has 1 fully saturated rings. The van der Waals surface area contributed by atoms with Gasteiger partial charge in [-0.3, -0.25) is 4.31 Å². The van der Waals surface area contributed by atoms with Crippen molar-refractivity contribution in [3.63, 3.8) is 0 Å². The highest BCUT2D eigenvalue weighted by Crippen LogP contribution is 2.29. The van der Waals surface area contributed by atoms with Gasteiger partial charge in [-0.2, -0.15) is 12.7 Å². The second-order valence-corrected chi connectivity index (χ2v) is 6.96. The van der Waals surface area contributed by atoms with Gasteiger partial charge in [-0.05, 0) is 38.3 Å². The van der Waals surface area contributed by atoms with Crippen molar-refractivity contribution in [3.05, 3.63) is 23.8 Å². The standard InChI is InChI=1S/C14H22N2O3S/c1-3-16(14-11-13(17)8-7-12(14)2)20(18,19)15-9-5-4-6-10-15/h7-8,11,17H,3-6,9-10H2,1-2H3. The molecule has 0 unspecified atom stereocenters. The van der Waals surface area contributed by atoms with E-state index >= 15 is 0 Å². The van der Waals surface area contributed by atoms with Crippen molar-refractivity contribution in [2.45, 2.75) is 33.1 Å². The van der Waals surface area contributed by atoms with Gasteiger partial charge in [0.05, 0.1) is 5.69 Å². The van der Waals surface area contributed by atoms with Crippen LogP contribution in [0.5, 0.6) is 5.75 Å². The summed E-state index contributed by atoms with van der Waals surface area (Å²) in [6.45, 7) is 5.17. The molecule has 0 aromatic heterocycles. The Morgan fingerprint density at radius 2 is 1.90 bits per heavy atom. The van der Waals surface area contributed by atoms with Gasteiger partial charge in [0.25, 0.3) is 0 Å². The van der Waals surface area contributed by atoms with Crippen LogP contribution in [0.3, 0.4) is 0 Å². The van der Waals surface area contributed by atoms with E-state index in [2.05, 4.69) is 0 Å². The second kappa shape index (κ2) is 6.01. The Balaban J connectivity index is 2.37. The molecule has 0 saturated carbocycles. The van der Waals surface area contributed by atoms with Gasteiger partial charge in [0.2, 0.25) is 0 Å². The Morgan fingerprint density at radius 3 is 2.50 bits per heavy atom. The number of phenols is 1. The molecule has 5 nitrogen and oxygen atoms in total. The highest BCUT2D eigenvalue weighted by molar-refractivity contribution is 7.90. The number of phenolic OH excluding ortho intramolecular Hbond substituents is 1. The van der Waals surface area contributed by atoms with Crippen molar-refractivity contribution in [1.29, 1.82) is 0 Å². The van der Waals surface area contributed by atoms with Crippen molar-refractivity contribution >= 4 is 15.9 Å². The number of nitrogens with zero attached hydrogens (tertiary/aromatic N) is 2. The molecule has 0 radical (unpaired) electrons. The Kier molecular flexibility index (Phi) is 4.55. The van der Waals surface area contributed by atoms with Crippen LogP contribution in [-0.2, 0) is 10.2 Å². The van der Waals surface area contributed by atoms with Gasteiger partial charge in [0, 0.05) is 25.7 Å². The number of hydrogen-bond acceptors (Lipinski definition) is 3. The topological polar surface area (TPSA) is 60.9 Å². The normalized spacial score (nSPS) is 17.1. The summed E-state index contributed by atoms with van der Waals surface area (Å²) in [7, 11) is -3.51. The highest BCUT2D eigenvalue weighted by Gasteiger charge is 2.30. The van der Waals surface area contributed by atoms with E-state index in [4.69, 9.17) is 0 Å². The first-order valence-electron chi connectivity index (χ1n) is 7.04. The average Bonchev–Trinajstić information content (AvgIpc) is 2.44. The fourth-order valence-corrected chi connectivity index (χ4v) is 4.33. The van der Waals surface area contributed by atoms with E-state index in [9.17, 15) is 13.5 Å². The van der Waals surface area contributed by atoms with Gasteiger partial charge in [-0.25, -0.2) is 0 Å². The van der Waals surface area contributed by atoms with Gasteiger partial charge < -0.3 is 5.11 Å². The third kappa shape index (κ3) is 2.91. The van der Waals surface area contributed by atoms with Gasteiger partial charge in [0.15, 0.2) is 0 Å². The summed E-state index contributed by atoms with van der Waals surface area (Å²) in [4.78, 5) is 0. The molecule has 20 heavy (non-hydrogen) atoms. The average molecular weight is 298 g/mol. The minimum atomic E-state index is -3.51. The first-order chi connectivity index (χ1) is 9.46. The maximum atomic E-state index is 12.8. The molecule has 1 aliphatic rings. The van der Waals surface area contributed by atoms with Crippen LogP contribution < -0.4 is 4.31 Å². The summed E-state index contributed by atoms with van der Waals surface area (Å²) in [5.41, 5.74) is 1.39. The number of hydrogen-bond donors (Lipinski definition) is 1. The van der Waals surface area contributed by atoms with Gasteiger partial charge in [0.1, 0.15) is 5.75 Å². The summed E-state index contributed by atoms with van der Waals surface area (Å²) < 4.78 is 28.4. The lowest BCUT2D eigenvalue weighted by molar-refractivity contribution is 0.345. The molecule has 112 valence electrons. The fraction of sp³-hybridized carbons (Fsp3) is 0.571. The Hall–Kier alpha value is -1.27. The van der Waals surface area contributed by atoms with Crippen molar-refractivity contribution in [2.24, 2.45) is 0 Å². The maximum Gasteiger partial charge on any atom is 0.304 e. The van der Waals surface area contributed by atoms with E-state index in [1.165, 1.54) is 10.4 Å². The Labute approximate surface area is 121 Å². The molecular formula is C14H22N2O3S. The summed E-state index contributed by atoms with van der Waals surface area (Å²) >= 11 is 0. The van der Waals surface area contributed by atoms with Gasteiger partial charge >= 0.3 is 10.2 Å².